The van der Waals surface area contributed by atoms with E-state index < -0.39 is 0 Å². The Balaban J connectivity index is 2.04. The lowest BCUT2D eigenvalue weighted by atomic mass is 9.81. The van der Waals surface area contributed by atoms with Crippen molar-refractivity contribution in [3.05, 3.63) is 77.9 Å². The van der Waals surface area contributed by atoms with Crippen LogP contribution < -0.4 is 0 Å². The Hall–Kier alpha value is -2.15. The molecule has 0 fully saturated rings. The molecule has 0 saturated carbocycles. The van der Waals surface area contributed by atoms with Crippen molar-refractivity contribution in [2.24, 2.45) is 5.41 Å². The first kappa shape index (κ1) is 14.3. The summed E-state index contributed by atoms with van der Waals surface area (Å²) in [5.41, 5.74) is 1.56. The minimum Gasteiger partial charge on any atom is -0.294 e. The van der Waals surface area contributed by atoms with Crippen LogP contribution in [-0.2, 0) is 0 Å². The number of Topliss-reactive ketones (excluding diaryl/α,β-unsaturated/α-hetero) is 1. The number of ketones is 1. The number of hydrogen-bond acceptors (Lipinski definition) is 1. The number of carbonyl (C=O) groups excluding carboxylic acids is 1. The van der Waals surface area contributed by atoms with Crippen molar-refractivity contribution < 1.29 is 4.79 Å². The zero-order valence-corrected chi connectivity index (χ0v) is 12.0. The largest absolute Gasteiger partial charge is 0.294 e. The van der Waals surface area contributed by atoms with Crippen molar-refractivity contribution in [3.63, 3.8) is 0 Å². The lowest BCUT2D eigenvalue weighted by Crippen LogP contribution is -2.23. The van der Waals surface area contributed by atoms with Gasteiger partial charge in [0.15, 0.2) is 5.78 Å². The van der Waals surface area contributed by atoms with E-state index in [0.717, 1.165) is 17.5 Å². The second kappa shape index (κ2) is 6.33. The van der Waals surface area contributed by atoms with Gasteiger partial charge in [0.05, 0.1) is 0 Å². The summed E-state index contributed by atoms with van der Waals surface area (Å²) in [6.07, 6.45) is 4.88. The fraction of sp³-hybridized carbons (Fsp3) is 0.211. The van der Waals surface area contributed by atoms with Crippen LogP contribution >= 0.6 is 0 Å². The molecule has 1 heteroatoms. The maximum absolute atomic E-state index is 12.5. The van der Waals surface area contributed by atoms with Crippen molar-refractivity contribution in [3.8, 4) is 0 Å². The molecule has 102 valence electrons. The summed E-state index contributed by atoms with van der Waals surface area (Å²) < 4.78 is 0. The van der Waals surface area contributed by atoms with Crippen molar-refractivity contribution in [2.45, 2.75) is 20.3 Å². The standard InChI is InChI=1S/C19H20O/c1-19(2,18(20)17-13-7-4-8-14-17)15-9-12-16-10-5-3-6-11-16/h3-14H,15H2,1-2H3/b12-9+. The number of carbonyl (C=O) groups is 1. The first-order valence-electron chi connectivity index (χ1n) is 6.91. The molecule has 0 radical (unpaired) electrons. The van der Waals surface area contributed by atoms with Gasteiger partial charge in [0.25, 0.3) is 0 Å². The van der Waals surface area contributed by atoms with Crippen LogP contribution in [0.15, 0.2) is 66.7 Å². The van der Waals surface area contributed by atoms with Gasteiger partial charge in [-0.3, -0.25) is 4.79 Å². The van der Waals surface area contributed by atoms with Crippen LogP contribution in [0.3, 0.4) is 0 Å². The molecule has 0 aliphatic rings. The molecule has 0 saturated heterocycles. The van der Waals surface area contributed by atoms with Crippen LogP contribution in [-0.4, -0.2) is 5.78 Å². The van der Waals surface area contributed by atoms with E-state index in [2.05, 4.69) is 24.3 Å². The molecule has 1 nitrogen and oxygen atoms in total. The van der Waals surface area contributed by atoms with E-state index in [1.807, 2.05) is 62.4 Å². The number of hydrogen-bond donors (Lipinski definition) is 0. The van der Waals surface area contributed by atoms with E-state index >= 15 is 0 Å². The molecule has 0 heterocycles. The monoisotopic (exact) mass is 264 g/mol. The predicted octanol–water partition coefficient (Wildman–Crippen LogP) is 5.00. The first-order chi connectivity index (χ1) is 9.59. The molecule has 2 aromatic rings. The molecule has 2 rings (SSSR count). The van der Waals surface area contributed by atoms with Crippen molar-refractivity contribution in [2.75, 3.05) is 0 Å². The van der Waals surface area contributed by atoms with Crippen LogP contribution in [0.4, 0.5) is 0 Å². The van der Waals surface area contributed by atoms with E-state index in [-0.39, 0.29) is 11.2 Å². The van der Waals surface area contributed by atoms with Gasteiger partial charge in [-0.15, -0.1) is 0 Å². The molecule has 20 heavy (non-hydrogen) atoms. The minimum absolute atomic E-state index is 0.191. The third kappa shape index (κ3) is 3.67. The second-order valence-corrected chi connectivity index (χ2v) is 5.60. The van der Waals surface area contributed by atoms with Crippen LogP contribution in [0.1, 0.15) is 36.2 Å². The number of rotatable bonds is 5. The van der Waals surface area contributed by atoms with E-state index in [4.69, 9.17) is 0 Å². The highest BCUT2D eigenvalue weighted by molar-refractivity contribution is 6.00. The zero-order chi connectivity index (χ0) is 14.4. The molecular weight excluding hydrogens is 244 g/mol. The van der Waals surface area contributed by atoms with Gasteiger partial charge in [-0.1, -0.05) is 86.7 Å². The summed E-state index contributed by atoms with van der Waals surface area (Å²) in [5.74, 6) is 0.191. The normalized spacial score (nSPS) is 11.7. The van der Waals surface area contributed by atoms with Gasteiger partial charge < -0.3 is 0 Å². The molecule has 0 aliphatic heterocycles. The Morgan fingerprint density at radius 1 is 0.950 bits per heavy atom. The van der Waals surface area contributed by atoms with Gasteiger partial charge in [-0.2, -0.15) is 0 Å². The summed E-state index contributed by atoms with van der Waals surface area (Å²) in [7, 11) is 0. The summed E-state index contributed by atoms with van der Waals surface area (Å²) >= 11 is 0. The van der Waals surface area contributed by atoms with Crippen LogP contribution in [0.2, 0.25) is 0 Å². The summed E-state index contributed by atoms with van der Waals surface area (Å²) in [6, 6.07) is 19.6. The lowest BCUT2D eigenvalue weighted by Gasteiger charge is -2.21. The van der Waals surface area contributed by atoms with Gasteiger partial charge in [0.1, 0.15) is 0 Å². The predicted molar refractivity (Wildman–Crippen MR) is 84.6 cm³/mol. The Morgan fingerprint density at radius 2 is 1.50 bits per heavy atom. The minimum atomic E-state index is -0.382. The fourth-order valence-electron chi connectivity index (χ4n) is 2.13. The number of benzene rings is 2. The lowest BCUT2D eigenvalue weighted by molar-refractivity contribution is 0.0841. The number of allylic oxidation sites excluding steroid dienone is 1. The first-order valence-corrected chi connectivity index (χ1v) is 6.91. The van der Waals surface area contributed by atoms with Gasteiger partial charge in [-0.05, 0) is 12.0 Å². The third-order valence-corrected chi connectivity index (χ3v) is 3.39. The fourth-order valence-corrected chi connectivity index (χ4v) is 2.13. The van der Waals surface area contributed by atoms with Crippen molar-refractivity contribution >= 4 is 11.9 Å². The van der Waals surface area contributed by atoms with Crippen molar-refractivity contribution in [1.82, 2.24) is 0 Å². The maximum Gasteiger partial charge on any atom is 0.168 e. The highest BCUT2D eigenvalue weighted by Crippen LogP contribution is 2.26. The van der Waals surface area contributed by atoms with Gasteiger partial charge >= 0.3 is 0 Å². The zero-order valence-electron chi connectivity index (χ0n) is 12.0. The summed E-state index contributed by atoms with van der Waals surface area (Å²) in [4.78, 5) is 12.5. The molecule has 0 aromatic heterocycles. The average molecular weight is 264 g/mol. The van der Waals surface area contributed by atoms with Crippen molar-refractivity contribution in [1.29, 1.82) is 0 Å². The molecule has 0 atom stereocenters. The molecule has 2 aromatic carbocycles. The highest BCUT2D eigenvalue weighted by atomic mass is 16.1. The van der Waals surface area contributed by atoms with Crippen LogP contribution in [0.5, 0.6) is 0 Å². The molecule has 0 spiro atoms. The second-order valence-electron chi connectivity index (χ2n) is 5.60. The van der Waals surface area contributed by atoms with E-state index in [0.29, 0.717) is 0 Å². The molecule has 0 aliphatic carbocycles. The molecule has 0 unspecified atom stereocenters. The van der Waals surface area contributed by atoms with Gasteiger partial charge in [-0.25, -0.2) is 0 Å². The third-order valence-electron chi connectivity index (χ3n) is 3.39. The quantitative estimate of drug-likeness (QED) is 0.695. The van der Waals surface area contributed by atoms with Gasteiger partial charge in [0, 0.05) is 11.0 Å². The molecular formula is C19H20O. The van der Waals surface area contributed by atoms with E-state index in [9.17, 15) is 4.79 Å². The average Bonchev–Trinajstić information content (AvgIpc) is 2.48. The smallest absolute Gasteiger partial charge is 0.168 e. The summed E-state index contributed by atoms with van der Waals surface area (Å²) in [6.45, 7) is 4.00. The van der Waals surface area contributed by atoms with Crippen LogP contribution in [0.25, 0.3) is 6.08 Å². The molecule has 0 amide bonds. The maximum atomic E-state index is 12.5. The van der Waals surface area contributed by atoms with Crippen LogP contribution in [0, 0.1) is 5.41 Å². The highest BCUT2D eigenvalue weighted by Gasteiger charge is 2.26. The van der Waals surface area contributed by atoms with Gasteiger partial charge in [0.2, 0.25) is 0 Å². The van der Waals surface area contributed by atoms with E-state index in [1.54, 1.807) is 0 Å². The Labute approximate surface area is 121 Å². The Bertz CT molecular complexity index is 580. The molecule has 0 N–H and O–H groups in total. The van der Waals surface area contributed by atoms with E-state index in [1.165, 1.54) is 0 Å². The Kier molecular flexibility index (Phi) is 4.52. The summed E-state index contributed by atoms with van der Waals surface area (Å²) in [5, 5.41) is 0. The Morgan fingerprint density at radius 3 is 2.10 bits per heavy atom. The molecule has 0 bridgehead atoms. The SMILES string of the molecule is CC(C)(C/C=C/c1ccccc1)C(=O)c1ccccc1. The topological polar surface area (TPSA) is 17.1 Å².